The molecule has 1 aromatic rings. The quantitative estimate of drug-likeness (QED) is 0.761. The lowest BCUT2D eigenvalue weighted by Gasteiger charge is -2.12. The summed E-state index contributed by atoms with van der Waals surface area (Å²) in [5.41, 5.74) is 1.65. The first kappa shape index (κ1) is 12.3. The summed E-state index contributed by atoms with van der Waals surface area (Å²) in [5.74, 6) is -0.214. The summed E-state index contributed by atoms with van der Waals surface area (Å²) in [5, 5.41) is 5.72. The molecule has 0 saturated carbocycles. The third-order valence-corrected chi connectivity index (χ3v) is 2.65. The Kier molecular flexibility index (Phi) is 3.76. The number of amides is 3. The monoisotopic (exact) mass is 248 g/mol. The van der Waals surface area contributed by atoms with Crippen LogP contribution in [0.2, 0.25) is 0 Å². The Morgan fingerprint density at radius 3 is 3.00 bits per heavy atom. The second-order valence-corrected chi connectivity index (χ2v) is 4.10. The highest BCUT2D eigenvalue weighted by Gasteiger charge is 2.28. The zero-order valence-electron chi connectivity index (χ0n) is 10.3. The fourth-order valence-electron chi connectivity index (χ4n) is 1.72. The van der Waals surface area contributed by atoms with Crippen molar-refractivity contribution in [3.63, 3.8) is 0 Å². The van der Waals surface area contributed by atoms with Crippen LogP contribution in [-0.4, -0.2) is 34.9 Å². The normalized spacial score (nSPS) is 14.8. The van der Waals surface area contributed by atoms with Gasteiger partial charge in [-0.05, 0) is 18.6 Å². The summed E-state index contributed by atoms with van der Waals surface area (Å²) < 4.78 is 0. The molecule has 0 aromatic carbocycles. The largest absolute Gasteiger partial charge is 0.385 e. The number of imide groups is 1. The maximum Gasteiger partial charge on any atom is 0.324 e. The average Bonchev–Trinajstić information content (AvgIpc) is 2.69. The molecule has 0 unspecified atom stereocenters. The topological polar surface area (TPSA) is 74.3 Å². The van der Waals surface area contributed by atoms with Gasteiger partial charge in [0.05, 0.1) is 18.8 Å². The molecule has 1 fully saturated rings. The van der Waals surface area contributed by atoms with Crippen molar-refractivity contribution in [2.45, 2.75) is 19.9 Å². The van der Waals surface area contributed by atoms with Crippen molar-refractivity contribution in [2.75, 3.05) is 18.4 Å². The third-order valence-electron chi connectivity index (χ3n) is 2.65. The summed E-state index contributed by atoms with van der Waals surface area (Å²) in [6.07, 6.45) is 2.70. The molecular formula is C12H16N4O2. The summed E-state index contributed by atoms with van der Waals surface area (Å²) >= 11 is 0. The van der Waals surface area contributed by atoms with Gasteiger partial charge in [-0.15, -0.1) is 0 Å². The minimum absolute atomic E-state index is 0.0760. The van der Waals surface area contributed by atoms with Gasteiger partial charge in [-0.25, -0.2) is 4.79 Å². The maximum atomic E-state index is 11.4. The lowest BCUT2D eigenvalue weighted by Crippen LogP contribution is -2.30. The van der Waals surface area contributed by atoms with Gasteiger partial charge in [-0.1, -0.05) is 6.92 Å². The van der Waals surface area contributed by atoms with Gasteiger partial charge >= 0.3 is 6.03 Å². The fourth-order valence-corrected chi connectivity index (χ4v) is 1.72. The van der Waals surface area contributed by atoms with Gasteiger partial charge in [0.15, 0.2) is 0 Å². The van der Waals surface area contributed by atoms with Crippen LogP contribution >= 0.6 is 0 Å². The van der Waals surface area contributed by atoms with E-state index in [0.29, 0.717) is 5.69 Å². The number of hydrogen-bond acceptors (Lipinski definition) is 4. The number of carbonyl (C=O) groups excluding carboxylic acids is 2. The van der Waals surface area contributed by atoms with Crippen molar-refractivity contribution in [3.8, 4) is 0 Å². The van der Waals surface area contributed by atoms with E-state index in [1.54, 1.807) is 6.20 Å². The molecule has 1 saturated heterocycles. The number of aromatic nitrogens is 1. The molecule has 0 spiro atoms. The summed E-state index contributed by atoms with van der Waals surface area (Å²) in [6.45, 7) is 3.26. The number of urea groups is 1. The smallest absolute Gasteiger partial charge is 0.324 e. The van der Waals surface area contributed by atoms with Crippen LogP contribution in [-0.2, 0) is 11.3 Å². The number of rotatable bonds is 5. The molecule has 2 N–H and O–H groups in total. The van der Waals surface area contributed by atoms with Crippen molar-refractivity contribution in [1.29, 1.82) is 0 Å². The van der Waals surface area contributed by atoms with E-state index in [9.17, 15) is 9.59 Å². The highest BCUT2D eigenvalue weighted by molar-refractivity contribution is 6.01. The zero-order valence-corrected chi connectivity index (χ0v) is 10.3. The third kappa shape index (κ3) is 2.77. The van der Waals surface area contributed by atoms with Crippen LogP contribution in [0.25, 0.3) is 0 Å². The van der Waals surface area contributed by atoms with Gasteiger partial charge in [0.25, 0.3) is 0 Å². The van der Waals surface area contributed by atoms with Gasteiger partial charge in [0, 0.05) is 18.4 Å². The van der Waals surface area contributed by atoms with Crippen molar-refractivity contribution in [3.05, 3.63) is 24.0 Å². The Labute approximate surface area is 105 Å². The molecule has 0 aliphatic carbocycles. The van der Waals surface area contributed by atoms with Crippen LogP contribution in [0.5, 0.6) is 0 Å². The second-order valence-electron chi connectivity index (χ2n) is 4.10. The Morgan fingerprint density at radius 2 is 2.33 bits per heavy atom. The molecule has 6 nitrogen and oxygen atoms in total. The summed E-state index contributed by atoms with van der Waals surface area (Å²) in [4.78, 5) is 28.2. The second kappa shape index (κ2) is 5.48. The lowest BCUT2D eigenvalue weighted by molar-refractivity contribution is -0.125. The minimum atomic E-state index is -0.353. The molecule has 0 bridgehead atoms. The Hall–Kier alpha value is -2.11. The molecule has 96 valence electrons. The predicted molar refractivity (Wildman–Crippen MR) is 67.0 cm³/mol. The SMILES string of the molecule is CCCNc1ccnc(CN2C(=O)CNC2=O)c1. The molecule has 6 heteroatoms. The fraction of sp³-hybridized carbons (Fsp3) is 0.417. The zero-order chi connectivity index (χ0) is 13.0. The van der Waals surface area contributed by atoms with E-state index < -0.39 is 0 Å². The van der Waals surface area contributed by atoms with Crippen LogP contribution in [0.15, 0.2) is 18.3 Å². The first-order chi connectivity index (χ1) is 8.70. The number of carbonyl (C=O) groups is 2. The molecule has 0 radical (unpaired) electrons. The standard InChI is InChI=1S/C12H16N4O2/c1-2-4-13-9-3-5-14-10(6-9)8-16-11(17)7-15-12(16)18/h3,5-6H,2,4,7-8H2,1H3,(H,13,14)(H,15,18). The molecule has 18 heavy (non-hydrogen) atoms. The molecule has 1 aliphatic rings. The Balaban J connectivity index is 2.04. The van der Waals surface area contributed by atoms with E-state index in [4.69, 9.17) is 0 Å². The van der Waals surface area contributed by atoms with Gasteiger partial charge in [-0.2, -0.15) is 0 Å². The summed E-state index contributed by atoms with van der Waals surface area (Å²) in [7, 11) is 0. The molecule has 0 atom stereocenters. The van der Waals surface area contributed by atoms with E-state index in [2.05, 4.69) is 22.5 Å². The van der Waals surface area contributed by atoms with Crippen molar-refractivity contribution < 1.29 is 9.59 Å². The first-order valence-corrected chi connectivity index (χ1v) is 5.97. The van der Waals surface area contributed by atoms with Crippen molar-refractivity contribution in [1.82, 2.24) is 15.2 Å². The lowest BCUT2D eigenvalue weighted by atomic mass is 10.3. The molecule has 3 amide bonds. The molecule has 1 aromatic heterocycles. The highest BCUT2D eigenvalue weighted by atomic mass is 16.2. The van der Waals surface area contributed by atoms with E-state index in [-0.39, 0.29) is 25.0 Å². The maximum absolute atomic E-state index is 11.4. The van der Waals surface area contributed by atoms with Gasteiger partial charge in [0.2, 0.25) is 5.91 Å². The summed E-state index contributed by atoms with van der Waals surface area (Å²) in [6, 6.07) is 3.37. The van der Waals surface area contributed by atoms with E-state index in [0.717, 1.165) is 18.7 Å². The van der Waals surface area contributed by atoms with Gasteiger partial charge in [0.1, 0.15) is 0 Å². The number of hydrogen-bond donors (Lipinski definition) is 2. The Morgan fingerprint density at radius 1 is 1.50 bits per heavy atom. The van der Waals surface area contributed by atoms with Gasteiger partial charge < -0.3 is 10.6 Å². The predicted octanol–water partition coefficient (Wildman–Crippen LogP) is 0.955. The number of anilines is 1. The van der Waals surface area contributed by atoms with E-state index in [1.165, 1.54) is 4.90 Å². The number of nitrogens with zero attached hydrogens (tertiary/aromatic N) is 2. The molecule has 2 rings (SSSR count). The average molecular weight is 248 g/mol. The highest BCUT2D eigenvalue weighted by Crippen LogP contribution is 2.11. The Bertz CT molecular complexity index is 445. The van der Waals surface area contributed by atoms with Crippen LogP contribution in [0, 0.1) is 0 Å². The van der Waals surface area contributed by atoms with Crippen LogP contribution in [0.4, 0.5) is 10.5 Å². The molecule has 1 aliphatic heterocycles. The minimum Gasteiger partial charge on any atom is -0.385 e. The van der Waals surface area contributed by atoms with Crippen LogP contribution in [0.3, 0.4) is 0 Å². The molecule has 2 heterocycles. The van der Waals surface area contributed by atoms with Crippen LogP contribution < -0.4 is 10.6 Å². The number of pyridine rings is 1. The van der Waals surface area contributed by atoms with Gasteiger partial charge in [-0.3, -0.25) is 14.7 Å². The van der Waals surface area contributed by atoms with E-state index in [1.807, 2.05) is 12.1 Å². The van der Waals surface area contributed by atoms with E-state index >= 15 is 0 Å². The van der Waals surface area contributed by atoms with Crippen molar-refractivity contribution >= 4 is 17.6 Å². The van der Waals surface area contributed by atoms with Crippen LogP contribution in [0.1, 0.15) is 19.0 Å². The van der Waals surface area contributed by atoms with Crippen molar-refractivity contribution in [2.24, 2.45) is 0 Å². The first-order valence-electron chi connectivity index (χ1n) is 5.97. The number of nitrogens with one attached hydrogen (secondary N) is 2. The molecular weight excluding hydrogens is 232 g/mol.